The lowest BCUT2D eigenvalue weighted by molar-refractivity contribution is 0.601. The molecule has 112 valence electrons. The quantitative estimate of drug-likeness (QED) is 0.766. The van der Waals surface area contributed by atoms with E-state index in [-0.39, 0.29) is 4.90 Å². The highest BCUT2D eigenvalue weighted by Gasteiger charge is 2.21. The van der Waals surface area contributed by atoms with Crippen LogP contribution < -0.4 is 10.0 Å². The fourth-order valence-electron chi connectivity index (χ4n) is 1.95. The number of halogens is 1. The fourth-order valence-corrected chi connectivity index (χ4v) is 3.03. The Hall–Kier alpha value is -1.86. The monoisotopic (exact) mass is 309 g/mol. The summed E-state index contributed by atoms with van der Waals surface area (Å²) < 4.78 is 39.6. The van der Waals surface area contributed by atoms with Crippen molar-refractivity contribution in [1.29, 1.82) is 0 Å². The molecule has 1 saturated carbocycles. The third-order valence-corrected chi connectivity index (χ3v) is 4.64. The molecule has 1 aliphatic rings. The van der Waals surface area contributed by atoms with Gasteiger partial charge in [0.1, 0.15) is 10.7 Å². The predicted octanol–water partition coefficient (Wildman–Crippen LogP) is 2.21. The standard InChI is InChI=1S/C14H16FN3O2S/c15-10-1-3-12(4-2-10)18-21(19,20)14-7-13(17-9-14)8-16-11-5-6-11/h1-4,7,9,11,16-18H,5-6,8H2. The summed E-state index contributed by atoms with van der Waals surface area (Å²) in [6, 6.07) is 7.34. The van der Waals surface area contributed by atoms with Crippen molar-refractivity contribution in [2.24, 2.45) is 0 Å². The maximum Gasteiger partial charge on any atom is 0.263 e. The van der Waals surface area contributed by atoms with Gasteiger partial charge in [-0.1, -0.05) is 0 Å². The number of aromatic amines is 1. The third-order valence-electron chi connectivity index (χ3n) is 3.28. The van der Waals surface area contributed by atoms with E-state index in [1.807, 2.05) is 0 Å². The summed E-state index contributed by atoms with van der Waals surface area (Å²) in [5.74, 6) is -0.409. The van der Waals surface area contributed by atoms with E-state index in [4.69, 9.17) is 0 Å². The van der Waals surface area contributed by atoms with Crippen LogP contribution in [0.25, 0.3) is 0 Å². The van der Waals surface area contributed by atoms with Crippen molar-refractivity contribution in [2.75, 3.05) is 4.72 Å². The molecule has 2 aromatic rings. The van der Waals surface area contributed by atoms with Gasteiger partial charge in [-0.05, 0) is 43.2 Å². The Morgan fingerprint density at radius 2 is 1.95 bits per heavy atom. The van der Waals surface area contributed by atoms with Gasteiger partial charge in [0.2, 0.25) is 0 Å². The van der Waals surface area contributed by atoms with Crippen molar-refractivity contribution in [3.05, 3.63) is 48.0 Å². The molecule has 0 spiro atoms. The van der Waals surface area contributed by atoms with Crippen LogP contribution in [0.2, 0.25) is 0 Å². The zero-order valence-corrected chi connectivity index (χ0v) is 12.1. The van der Waals surface area contributed by atoms with Crippen LogP contribution in [0.5, 0.6) is 0 Å². The molecule has 0 bridgehead atoms. The lowest BCUT2D eigenvalue weighted by atomic mass is 10.3. The van der Waals surface area contributed by atoms with Gasteiger partial charge in [0, 0.05) is 30.2 Å². The second kappa shape index (κ2) is 5.50. The van der Waals surface area contributed by atoms with E-state index in [0.717, 1.165) is 5.69 Å². The molecule has 1 heterocycles. The van der Waals surface area contributed by atoms with Gasteiger partial charge < -0.3 is 10.3 Å². The highest BCUT2D eigenvalue weighted by molar-refractivity contribution is 7.92. The molecule has 21 heavy (non-hydrogen) atoms. The number of hydrogen-bond acceptors (Lipinski definition) is 3. The summed E-state index contributed by atoms with van der Waals surface area (Å²) in [7, 11) is -3.66. The van der Waals surface area contributed by atoms with Crippen LogP contribution in [0.1, 0.15) is 18.5 Å². The lowest BCUT2D eigenvalue weighted by Gasteiger charge is -2.05. The van der Waals surface area contributed by atoms with Crippen LogP contribution >= 0.6 is 0 Å². The zero-order valence-electron chi connectivity index (χ0n) is 11.3. The van der Waals surface area contributed by atoms with E-state index in [0.29, 0.717) is 18.3 Å². The molecular formula is C14H16FN3O2S. The summed E-state index contributed by atoms with van der Waals surface area (Å²) in [6.45, 7) is 0.622. The first kappa shape index (κ1) is 14.1. The van der Waals surface area contributed by atoms with Gasteiger partial charge in [0.25, 0.3) is 10.0 Å². The minimum absolute atomic E-state index is 0.166. The van der Waals surface area contributed by atoms with Gasteiger partial charge in [-0.25, -0.2) is 12.8 Å². The van der Waals surface area contributed by atoms with Crippen LogP contribution in [-0.4, -0.2) is 19.4 Å². The number of H-pyrrole nitrogens is 1. The molecule has 5 nitrogen and oxygen atoms in total. The summed E-state index contributed by atoms with van der Waals surface area (Å²) >= 11 is 0. The van der Waals surface area contributed by atoms with Gasteiger partial charge in [-0.15, -0.1) is 0 Å². The SMILES string of the molecule is O=S(=O)(Nc1ccc(F)cc1)c1c[nH]c(CNC2CC2)c1. The normalized spacial score (nSPS) is 15.1. The third kappa shape index (κ3) is 3.62. The van der Waals surface area contributed by atoms with Crippen molar-refractivity contribution in [3.63, 3.8) is 0 Å². The molecular weight excluding hydrogens is 293 g/mol. The largest absolute Gasteiger partial charge is 0.363 e. The number of sulfonamides is 1. The lowest BCUT2D eigenvalue weighted by Crippen LogP contribution is -2.15. The number of aromatic nitrogens is 1. The first-order valence-corrected chi connectivity index (χ1v) is 8.20. The molecule has 1 aromatic heterocycles. The highest BCUT2D eigenvalue weighted by Crippen LogP contribution is 2.20. The van der Waals surface area contributed by atoms with E-state index < -0.39 is 15.8 Å². The van der Waals surface area contributed by atoms with E-state index in [2.05, 4.69) is 15.0 Å². The number of benzene rings is 1. The summed E-state index contributed by atoms with van der Waals surface area (Å²) in [5.41, 5.74) is 1.15. The van der Waals surface area contributed by atoms with E-state index >= 15 is 0 Å². The molecule has 0 unspecified atom stereocenters. The Morgan fingerprint density at radius 1 is 1.24 bits per heavy atom. The summed E-state index contributed by atoms with van der Waals surface area (Å²) in [5, 5.41) is 3.31. The zero-order chi connectivity index (χ0) is 14.9. The first-order chi connectivity index (χ1) is 10.0. The smallest absolute Gasteiger partial charge is 0.263 e. The van der Waals surface area contributed by atoms with Crippen LogP contribution in [-0.2, 0) is 16.6 Å². The maximum atomic E-state index is 12.8. The van der Waals surface area contributed by atoms with Crippen molar-refractivity contribution in [1.82, 2.24) is 10.3 Å². The van der Waals surface area contributed by atoms with Gasteiger partial charge in [0.15, 0.2) is 0 Å². The van der Waals surface area contributed by atoms with Crippen LogP contribution in [0, 0.1) is 5.82 Å². The maximum absolute atomic E-state index is 12.8. The van der Waals surface area contributed by atoms with Crippen LogP contribution in [0.15, 0.2) is 41.4 Å². The topological polar surface area (TPSA) is 74.0 Å². The fraction of sp³-hybridized carbons (Fsp3) is 0.286. The van der Waals surface area contributed by atoms with E-state index in [9.17, 15) is 12.8 Å². The number of hydrogen-bond donors (Lipinski definition) is 3. The Morgan fingerprint density at radius 3 is 2.62 bits per heavy atom. The number of anilines is 1. The predicted molar refractivity (Wildman–Crippen MR) is 77.9 cm³/mol. The van der Waals surface area contributed by atoms with Crippen molar-refractivity contribution < 1.29 is 12.8 Å². The molecule has 3 N–H and O–H groups in total. The average molecular weight is 309 g/mol. The molecule has 1 fully saturated rings. The number of nitrogens with one attached hydrogen (secondary N) is 3. The highest BCUT2D eigenvalue weighted by atomic mass is 32.2. The molecule has 0 amide bonds. The first-order valence-electron chi connectivity index (χ1n) is 6.72. The van der Waals surface area contributed by atoms with Crippen LogP contribution in [0.3, 0.4) is 0 Å². The molecule has 7 heteroatoms. The summed E-state index contributed by atoms with van der Waals surface area (Å²) in [4.78, 5) is 3.11. The minimum Gasteiger partial charge on any atom is -0.363 e. The molecule has 3 rings (SSSR count). The van der Waals surface area contributed by atoms with Crippen molar-refractivity contribution in [2.45, 2.75) is 30.3 Å². The molecule has 0 saturated heterocycles. The minimum atomic E-state index is -3.66. The Labute approximate surface area is 122 Å². The molecule has 1 aromatic carbocycles. The number of rotatable bonds is 6. The van der Waals surface area contributed by atoms with Gasteiger partial charge in [-0.2, -0.15) is 0 Å². The van der Waals surface area contributed by atoms with Gasteiger partial charge >= 0.3 is 0 Å². The average Bonchev–Trinajstić information content (AvgIpc) is 3.15. The Balaban J connectivity index is 1.69. The second-order valence-corrected chi connectivity index (χ2v) is 6.81. The molecule has 0 aliphatic heterocycles. The van der Waals surface area contributed by atoms with Gasteiger partial charge in [0.05, 0.1) is 0 Å². The molecule has 0 atom stereocenters. The van der Waals surface area contributed by atoms with E-state index in [1.165, 1.54) is 43.3 Å². The van der Waals surface area contributed by atoms with Crippen molar-refractivity contribution in [3.8, 4) is 0 Å². The Bertz CT molecular complexity index is 721. The van der Waals surface area contributed by atoms with E-state index in [1.54, 1.807) is 6.07 Å². The van der Waals surface area contributed by atoms with Gasteiger partial charge in [-0.3, -0.25) is 4.72 Å². The second-order valence-electron chi connectivity index (χ2n) is 5.13. The molecule has 1 aliphatic carbocycles. The van der Waals surface area contributed by atoms with Crippen molar-refractivity contribution >= 4 is 15.7 Å². The summed E-state index contributed by atoms with van der Waals surface area (Å²) in [6.07, 6.45) is 3.81. The Kier molecular flexibility index (Phi) is 3.69. The molecule has 0 radical (unpaired) electrons. The van der Waals surface area contributed by atoms with Crippen LogP contribution in [0.4, 0.5) is 10.1 Å².